The van der Waals surface area contributed by atoms with Gasteiger partial charge in [0, 0.05) is 11.1 Å². The number of carbonyl (C=O) groups is 2. The number of Topliss-reactive ketones (excluding diaryl/α,β-unsaturated/α-hetero) is 1. The van der Waals surface area contributed by atoms with E-state index >= 15 is 0 Å². The SMILES string of the molecule is COc1ccc(/C(O)=C2\C(=O)C(=O)N[C@@H]2c2ccccc2F)cc1. The molecule has 2 aromatic rings. The lowest BCUT2D eigenvalue weighted by Gasteiger charge is -2.14. The van der Waals surface area contributed by atoms with Crippen LogP contribution in [0, 0.1) is 5.82 Å². The fourth-order valence-electron chi connectivity index (χ4n) is 2.61. The number of ketones is 1. The Bertz CT molecular complexity index is 842. The first-order valence-corrected chi connectivity index (χ1v) is 7.20. The largest absolute Gasteiger partial charge is 0.507 e. The van der Waals surface area contributed by atoms with Gasteiger partial charge in [0.25, 0.3) is 11.7 Å². The molecule has 1 aliphatic rings. The lowest BCUT2D eigenvalue weighted by atomic mass is 9.95. The third-order valence-electron chi connectivity index (χ3n) is 3.85. The molecular formula is C18H14FNO4. The monoisotopic (exact) mass is 327 g/mol. The molecule has 1 atom stereocenters. The van der Waals surface area contributed by atoms with Gasteiger partial charge in [0.05, 0.1) is 18.7 Å². The number of carbonyl (C=O) groups excluding carboxylic acids is 2. The fourth-order valence-corrected chi connectivity index (χ4v) is 2.61. The molecule has 3 rings (SSSR count). The average Bonchev–Trinajstić information content (AvgIpc) is 2.90. The van der Waals surface area contributed by atoms with Crippen LogP contribution in [-0.4, -0.2) is 23.9 Å². The predicted molar refractivity (Wildman–Crippen MR) is 84.8 cm³/mol. The van der Waals surface area contributed by atoms with Crippen LogP contribution in [0.25, 0.3) is 5.76 Å². The zero-order valence-corrected chi connectivity index (χ0v) is 12.7. The number of nitrogens with one attached hydrogen (secondary N) is 1. The van der Waals surface area contributed by atoms with Gasteiger partial charge in [-0.1, -0.05) is 18.2 Å². The highest BCUT2D eigenvalue weighted by Gasteiger charge is 2.40. The molecule has 1 amide bonds. The number of aliphatic hydroxyl groups excluding tert-OH is 1. The van der Waals surface area contributed by atoms with Gasteiger partial charge in [-0.3, -0.25) is 9.59 Å². The Kier molecular flexibility index (Phi) is 4.04. The third-order valence-corrected chi connectivity index (χ3v) is 3.85. The molecule has 1 fully saturated rings. The van der Waals surface area contributed by atoms with Gasteiger partial charge in [0.15, 0.2) is 0 Å². The Morgan fingerprint density at radius 2 is 1.79 bits per heavy atom. The fraction of sp³-hybridized carbons (Fsp3) is 0.111. The summed E-state index contributed by atoms with van der Waals surface area (Å²) < 4.78 is 19.1. The van der Waals surface area contributed by atoms with E-state index in [1.165, 1.54) is 25.3 Å². The summed E-state index contributed by atoms with van der Waals surface area (Å²) in [6.45, 7) is 0. The number of ether oxygens (including phenoxy) is 1. The molecule has 6 heteroatoms. The molecule has 2 aromatic carbocycles. The summed E-state index contributed by atoms with van der Waals surface area (Å²) in [6, 6.07) is 11.1. The minimum atomic E-state index is -1.03. The molecule has 0 aromatic heterocycles. The molecule has 0 aliphatic carbocycles. The summed E-state index contributed by atoms with van der Waals surface area (Å²) >= 11 is 0. The first kappa shape index (κ1) is 15.7. The van der Waals surface area contributed by atoms with Crippen LogP contribution < -0.4 is 10.1 Å². The molecule has 0 spiro atoms. The van der Waals surface area contributed by atoms with Gasteiger partial charge >= 0.3 is 0 Å². The Balaban J connectivity index is 2.11. The minimum absolute atomic E-state index is 0.117. The number of aliphatic hydroxyl groups is 1. The summed E-state index contributed by atoms with van der Waals surface area (Å²) in [7, 11) is 1.50. The summed E-state index contributed by atoms with van der Waals surface area (Å²) in [6.07, 6.45) is 0. The van der Waals surface area contributed by atoms with Crippen LogP contribution in [0.2, 0.25) is 0 Å². The van der Waals surface area contributed by atoms with Crippen molar-refractivity contribution in [3.8, 4) is 5.75 Å². The number of benzene rings is 2. The Hall–Kier alpha value is -3.15. The number of hydrogen-bond donors (Lipinski definition) is 2. The quantitative estimate of drug-likeness (QED) is 0.516. The van der Waals surface area contributed by atoms with E-state index in [0.717, 1.165) is 0 Å². The van der Waals surface area contributed by atoms with Crippen molar-refractivity contribution in [2.75, 3.05) is 7.11 Å². The highest BCUT2D eigenvalue weighted by molar-refractivity contribution is 6.46. The molecule has 0 saturated carbocycles. The van der Waals surface area contributed by atoms with Gasteiger partial charge in [-0.25, -0.2) is 4.39 Å². The van der Waals surface area contributed by atoms with Crippen LogP contribution in [-0.2, 0) is 9.59 Å². The van der Waals surface area contributed by atoms with Crippen molar-refractivity contribution in [1.82, 2.24) is 5.32 Å². The normalized spacial score (nSPS) is 19.2. The van der Waals surface area contributed by atoms with E-state index in [9.17, 15) is 19.1 Å². The molecule has 0 bridgehead atoms. The molecule has 1 saturated heterocycles. The number of hydrogen-bond acceptors (Lipinski definition) is 4. The molecule has 5 nitrogen and oxygen atoms in total. The topological polar surface area (TPSA) is 75.6 Å². The summed E-state index contributed by atoms with van der Waals surface area (Å²) in [4.78, 5) is 23.9. The predicted octanol–water partition coefficient (Wildman–Crippen LogP) is 2.54. The zero-order chi connectivity index (χ0) is 17.3. The highest BCUT2D eigenvalue weighted by atomic mass is 19.1. The lowest BCUT2D eigenvalue weighted by Crippen LogP contribution is -2.21. The molecular weight excluding hydrogens is 313 g/mol. The second-order valence-corrected chi connectivity index (χ2v) is 5.25. The van der Waals surface area contributed by atoms with Crippen LogP contribution in [0.3, 0.4) is 0 Å². The second kappa shape index (κ2) is 6.16. The van der Waals surface area contributed by atoms with Crippen molar-refractivity contribution in [2.24, 2.45) is 0 Å². The van der Waals surface area contributed by atoms with Crippen molar-refractivity contribution >= 4 is 17.4 Å². The van der Waals surface area contributed by atoms with Crippen LogP contribution in [0.4, 0.5) is 4.39 Å². The summed E-state index contributed by atoms with van der Waals surface area (Å²) in [5.74, 6) is -2.11. The first-order chi connectivity index (χ1) is 11.5. The van der Waals surface area contributed by atoms with Gasteiger partial charge < -0.3 is 15.2 Å². The maximum absolute atomic E-state index is 14.1. The van der Waals surface area contributed by atoms with Gasteiger partial charge in [-0.15, -0.1) is 0 Å². The first-order valence-electron chi connectivity index (χ1n) is 7.20. The third kappa shape index (κ3) is 2.62. The van der Waals surface area contributed by atoms with Gasteiger partial charge in [-0.05, 0) is 30.3 Å². The van der Waals surface area contributed by atoms with E-state index in [0.29, 0.717) is 11.3 Å². The van der Waals surface area contributed by atoms with Gasteiger partial charge in [-0.2, -0.15) is 0 Å². The second-order valence-electron chi connectivity index (χ2n) is 5.25. The maximum Gasteiger partial charge on any atom is 0.293 e. The number of methoxy groups -OCH3 is 1. The highest BCUT2D eigenvalue weighted by Crippen LogP contribution is 2.34. The Morgan fingerprint density at radius 1 is 1.12 bits per heavy atom. The van der Waals surface area contributed by atoms with E-state index in [1.807, 2.05) is 0 Å². The molecule has 122 valence electrons. The molecule has 0 unspecified atom stereocenters. The molecule has 2 N–H and O–H groups in total. The molecule has 24 heavy (non-hydrogen) atoms. The smallest absolute Gasteiger partial charge is 0.293 e. The van der Waals surface area contributed by atoms with Crippen molar-refractivity contribution in [1.29, 1.82) is 0 Å². The number of rotatable bonds is 3. The molecule has 0 radical (unpaired) electrons. The van der Waals surface area contributed by atoms with E-state index in [-0.39, 0.29) is 16.9 Å². The Labute approximate surface area is 137 Å². The standard InChI is InChI=1S/C18H14FNO4/c1-24-11-8-6-10(7-9-11)16(21)14-15(20-18(23)17(14)22)12-4-2-3-5-13(12)19/h2-9,15,21H,1H3,(H,20,23)/b16-14+/t15-/m1/s1. The van der Waals surface area contributed by atoms with E-state index < -0.39 is 23.5 Å². The van der Waals surface area contributed by atoms with E-state index in [1.54, 1.807) is 30.3 Å². The van der Waals surface area contributed by atoms with Crippen LogP contribution >= 0.6 is 0 Å². The van der Waals surface area contributed by atoms with Crippen molar-refractivity contribution in [3.05, 3.63) is 71.0 Å². The van der Waals surface area contributed by atoms with E-state index in [4.69, 9.17) is 4.74 Å². The van der Waals surface area contributed by atoms with Crippen LogP contribution in [0.5, 0.6) is 5.75 Å². The molecule has 1 heterocycles. The van der Waals surface area contributed by atoms with Gasteiger partial charge in [0.1, 0.15) is 17.3 Å². The lowest BCUT2D eigenvalue weighted by molar-refractivity contribution is -0.133. The van der Waals surface area contributed by atoms with E-state index in [2.05, 4.69) is 5.32 Å². The van der Waals surface area contributed by atoms with Crippen molar-refractivity contribution in [2.45, 2.75) is 6.04 Å². The average molecular weight is 327 g/mol. The zero-order valence-electron chi connectivity index (χ0n) is 12.7. The van der Waals surface area contributed by atoms with Crippen LogP contribution in [0.1, 0.15) is 17.2 Å². The maximum atomic E-state index is 14.1. The molecule has 1 aliphatic heterocycles. The minimum Gasteiger partial charge on any atom is -0.507 e. The summed E-state index contributed by atoms with van der Waals surface area (Å²) in [5.41, 5.74) is 0.277. The number of halogens is 1. The van der Waals surface area contributed by atoms with Crippen LogP contribution in [0.15, 0.2) is 54.1 Å². The summed E-state index contributed by atoms with van der Waals surface area (Å²) in [5, 5.41) is 12.9. The van der Waals surface area contributed by atoms with Crippen molar-refractivity contribution in [3.63, 3.8) is 0 Å². The number of amides is 1. The van der Waals surface area contributed by atoms with Crippen molar-refractivity contribution < 1.29 is 23.8 Å². The van der Waals surface area contributed by atoms with Gasteiger partial charge in [0.2, 0.25) is 0 Å². The Morgan fingerprint density at radius 3 is 2.42 bits per heavy atom.